The van der Waals surface area contributed by atoms with Crippen molar-refractivity contribution < 1.29 is 23.9 Å². The topological polar surface area (TPSA) is 77.1 Å². The number of carbonyl (C=O) groups is 2. The van der Waals surface area contributed by atoms with Gasteiger partial charge in [0.05, 0.1) is 30.4 Å². The lowest BCUT2D eigenvalue weighted by atomic mass is 9.49. The Hall–Kier alpha value is -2.22. The number of carbonyl (C=O) groups excluding carboxylic acids is 2. The number of hydrogen-bond donors (Lipinski definition) is 1. The van der Waals surface area contributed by atoms with Gasteiger partial charge in [0.1, 0.15) is 6.23 Å². The molecule has 4 bridgehead atoms. The molecule has 27 heavy (non-hydrogen) atoms. The lowest BCUT2D eigenvalue weighted by Crippen LogP contribution is -2.69. The first-order valence-corrected chi connectivity index (χ1v) is 9.38. The third kappa shape index (κ3) is 1.57. The second kappa shape index (κ2) is 4.98. The summed E-state index contributed by atoms with van der Waals surface area (Å²) >= 11 is 0. The molecule has 140 valence electrons. The molecule has 0 radical (unpaired) electrons. The number of methoxy groups -OCH3 is 1. The second-order valence-corrected chi connectivity index (χ2v) is 7.90. The van der Waals surface area contributed by atoms with Crippen LogP contribution in [0.3, 0.4) is 0 Å². The van der Waals surface area contributed by atoms with Gasteiger partial charge in [0.25, 0.3) is 0 Å². The van der Waals surface area contributed by atoms with E-state index in [1.165, 1.54) is 7.11 Å². The Morgan fingerprint density at radius 1 is 1.41 bits per heavy atom. The van der Waals surface area contributed by atoms with Gasteiger partial charge in [-0.15, -0.1) is 5.06 Å². The van der Waals surface area contributed by atoms with Crippen LogP contribution in [-0.2, 0) is 29.3 Å². The summed E-state index contributed by atoms with van der Waals surface area (Å²) in [4.78, 5) is 32.7. The van der Waals surface area contributed by atoms with Gasteiger partial charge in [-0.1, -0.05) is 29.8 Å². The molecular weight excluding hydrogens is 348 g/mol. The molecule has 4 aliphatic heterocycles. The normalized spacial score (nSPS) is 44.8. The molecule has 1 spiro atoms. The molecule has 5 aliphatic rings. The van der Waals surface area contributed by atoms with E-state index in [9.17, 15) is 9.59 Å². The summed E-state index contributed by atoms with van der Waals surface area (Å²) in [5.41, 5.74) is 1.70. The van der Waals surface area contributed by atoms with Crippen molar-refractivity contribution in [1.29, 1.82) is 0 Å². The molecule has 3 saturated heterocycles. The molecule has 7 atom stereocenters. The summed E-state index contributed by atoms with van der Waals surface area (Å²) in [6.45, 7) is 1.99. The maximum absolute atomic E-state index is 13.5. The highest BCUT2D eigenvalue weighted by molar-refractivity contribution is 6.09. The lowest BCUT2D eigenvalue weighted by molar-refractivity contribution is -0.188. The Labute approximate surface area is 156 Å². The predicted octanol–water partition coefficient (Wildman–Crippen LogP) is 1.56. The molecule has 1 aromatic rings. The number of para-hydroxylation sites is 1. The molecule has 4 fully saturated rings. The molecule has 7 nitrogen and oxygen atoms in total. The van der Waals surface area contributed by atoms with Crippen LogP contribution in [0, 0.1) is 17.8 Å². The SMILES string of the molecule is C/C=C1/[C@@H]2[C@H]3[C@@H]4O[C@H](C[C@@H]1[C@@H](C(=O)OC)[C@]31C(=O)Nc3ccccc31)N2O4. The van der Waals surface area contributed by atoms with E-state index in [0.29, 0.717) is 6.42 Å². The molecule has 1 N–H and O–H groups in total. The van der Waals surface area contributed by atoms with E-state index in [1.54, 1.807) is 0 Å². The number of nitrogens with one attached hydrogen (secondary N) is 1. The van der Waals surface area contributed by atoms with Crippen LogP contribution in [0.1, 0.15) is 18.9 Å². The summed E-state index contributed by atoms with van der Waals surface area (Å²) in [6.07, 6.45) is 1.97. The number of allylic oxidation sites excluding steroid dienone is 1. The fourth-order valence-corrected chi connectivity index (χ4v) is 6.34. The van der Waals surface area contributed by atoms with Crippen LogP contribution in [0.5, 0.6) is 0 Å². The number of benzene rings is 1. The molecule has 0 aromatic heterocycles. The monoisotopic (exact) mass is 368 g/mol. The summed E-state index contributed by atoms with van der Waals surface area (Å²) in [7, 11) is 1.40. The molecule has 1 amide bonds. The van der Waals surface area contributed by atoms with Crippen molar-refractivity contribution in [2.24, 2.45) is 17.8 Å². The van der Waals surface area contributed by atoms with E-state index in [-0.39, 0.29) is 36.0 Å². The summed E-state index contributed by atoms with van der Waals surface area (Å²) in [6, 6.07) is 7.57. The number of fused-ring (bicyclic) bond motifs is 6. The molecule has 1 aliphatic carbocycles. The molecule has 4 heterocycles. The number of anilines is 1. The van der Waals surface area contributed by atoms with Gasteiger partial charge in [-0.25, -0.2) is 0 Å². The van der Waals surface area contributed by atoms with Gasteiger partial charge in [0.2, 0.25) is 5.91 Å². The Bertz CT molecular complexity index is 913. The summed E-state index contributed by atoms with van der Waals surface area (Å²) in [5, 5.41) is 4.92. The van der Waals surface area contributed by atoms with Crippen LogP contribution in [0.25, 0.3) is 0 Å². The van der Waals surface area contributed by atoms with Gasteiger partial charge in [-0.3, -0.25) is 14.4 Å². The third-order valence-corrected chi connectivity index (χ3v) is 7.14. The number of nitrogens with zero attached hydrogens (tertiary/aromatic N) is 1. The van der Waals surface area contributed by atoms with E-state index >= 15 is 0 Å². The number of hydroxylamine groups is 2. The number of esters is 1. The summed E-state index contributed by atoms with van der Waals surface area (Å²) < 4.78 is 11.4. The fraction of sp³-hybridized carbons (Fsp3) is 0.500. The molecule has 1 saturated carbocycles. The minimum atomic E-state index is -1.06. The van der Waals surface area contributed by atoms with Crippen LogP contribution in [0.15, 0.2) is 35.9 Å². The van der Waals surface area contributed by atoms with Crippen molar-refractivity contribution >= 4 is 17.6 Å². The third-order valence-electron chi connectivity index (χ3n) is 7.14. The van der Waals surface area contributed by atoms with Gasteiger partial charge < -0.3 is 14.8 Å². The van der Waals surface area contributed by atoms with E-state index in [1.807, 2.05) is 36.3 Å². The largest absolute Gasteiger partial charge is 0.469 e. The van der Waals surface area contributed by atoms with E-state index in [2.05, 4.69) is 11.4 Å². The molecule has 6 rings (SSSR count). The Morgan fingerprint density at radius 3 is 3.00 bits per heavy atom. The van der Waals surface area contributed by atoms with Gasteiger partial charge in [0.15, 0.2) is 6.29 Å². The van der Waals surface area contributed by atoms with Crippen LogP contribution in [0.4, 0.5) is 5.69 Å². The van der Waals surface area contributed by atoms with E-state index in [4.69, 9.17) is 14.3 Å². The molecule has 7 heteroatoms. The predicted molar refractivity (Wildman–Crippen MR) is 93.0 cm³/mol. The Morgan fingerprint density at radius 2 is 2.22 bits per heavy atom. The quantitative estimate of drug-likeness (QED) is 0.599. The average Bonchev–Trinajstić information content (AvgIpc) is 3.33. The maximum Gasteiger partial charge on any atom is 0.310 e. The highest BCUT2D eigenvalue weighted by atomic mass is 16.9. The van der Waals surface area contributed by atoms with Crippen molar-refractivity contribution in [2.75, 3.05) is 12.4 Å². The lowest BCUT2D eigenvalue weighted by Gasteiger charge is -2.57. The number of amides is 1. The van der Waals surface area contributed by atoms with Gasteiger partial charge in [-0.2, -0.15) is 0 Å². The minimum absolute atomic E-state index is 0.0599. The number of ether oxygens (including phenoxy) is 2. The Balaban J connectivity index is 1.68. The zero-order valence-electron chi connectivity index (χ0n) is 15.0. The van der Waals surface area contributed by atoms with Gasteiger partial charge in [0, 0.05) is 5.69 Å². The molecular formula is C20H20N2O5. The van der Waals surface area contributed by atoms with Crippen molar-refractivity contribution in [3.8, 4) is 0 Å². The van der Waals surface area contributed by atoms with Crippen molar-refractivity contribution in [3.05, 3.63) is 41.5 Å². The second-order valence-electron chi connectivity index (χ2n) is 7.90. The molecule has 0 unspecified atom stereocenters. The summed E-state index contributed by atoms with van der Waals surface area (Å²) in [5.74, 6) is -1.52. The number of rotatable bonds is 1. The number of hydrogen-bond acceptors (Lipinski definition) is 6. The van der Waals surface area contributed by atoms with Crippen molar-refractivity contribution in [3.63, 3.8) is 0 Å². The Kier molecular flexibility index (Phi) is 2.91. The highest BCUT2D eigenvalue weighted by Crippen LogP contribution is 2.66. The fourth-order valence-electron chi connectivity index (χ4n) is 6.34. The van der Waals surface area contributed by atoms with Crippen LogP contribution in [0.2, 0.25) is 0 Å². The first kappa shape index (κ1) is 15.8. The highest BCUT2D eigenvalue weighted by Gasteiger charge is 2.77. The van der Waals surface area contributed by atoms with E-state index in [0.717, 1.165) is 16.8 Å². The first-order chi connectivity index (χ1) is 13.1. The zero-order chi connectivity index (χ0) is 18.5. The van der Waals surface area contributed by atoms with Gasteiger partial charge in [-0.05, 0) is 30.9 Å². The van der Waals surface area contributed by atoms with Crippen LogP contribution < -0.4 is 5.32 Å². The standard InChI is InChI=1S/C20H20N2O5/c1-3-9-10-8-13-22-16(9)15(18(26-13)27-22)20(14(10)17(23)25-2)11-6-4-5-7-12(11)21-19(20)24/h3-7,10,13-16,18H,8H2,1-2H3,(H,21,24)/b9-3+/t10-,13+,14-,15-,16+,18+,20-/m0/s1. The molecule has 1 aromatic carbocycles. The van der Waals surface area contributed by atoms with Crippen LogP contribution >= 0.6 is 0 Å². The van der Waals surface area contributed by atoms with E-state index < -0.39 is 17.6 Å². The number of piperidine rings is 1. The minimum Gasteiger partial charge on any atom is -0.469 e. The van der Waals surface area contributed by atoms with Crippen LogP contribution in [-0.4, -0.2) is 42.6 Å². The van der Waals surface area contributed by atoms with Gasteiger partial charge >= 0.3 is 5.97 Å². The maximum atomic E-state index is 13.5. The first-order valence-electron chi connectivity index (χ1n) is 9.38. The average molecular weight is 368 g/mol. The van der Waals surface area contributed by atoms with Crippen molar-refractivity contribution in [1.82, 2.24) is 5.06 Å². The van der Waals surface area contributed by atoms with Crippen molar-refractivity contribution in [2.45, 2.75) is 37.3 Å². The smallest absolute Gasteiger partial charge is 0.310 e. The zero-order valence-corrected chi connectivity index (χ0v) is 15.0.